The van der Waals surface area contributed by atoms with Crippen LogP contribution < -0.4 is 9.47 Å². The van der Waals surface area contributed by atoms with Gasteiger partial charge in [0.05, 0.1) is 31.2 Å². The Morgan fingerprint density at radius 2 is 2.04 bits per heavy atom. The first-order chi connectivity index (χ1) is 12.8. The van der Waals surface area contributed by atoms with Crippen LogP contribution in [-0.4, -0.2) is 34.8 Å². The molecule has 2 aliphatic carbocycles. The molecule has 4 rings (SSSR count). The predicted molar refractivity (Wildman–Crippen MR) is 97.6 cm³/mol. The van der Waals surface area contributed by atoms with Crippen LogP contribution in [0.15, 0.2) is 30.2 Å². The second kappa shape index (κ2) is 7.32. The molecule has 0 N–H and O–H groups in total. The second-order valence-electron chi connectivity index (χ2n) is 6.84. The number of pyridine rings is 1. The number of hydrogen-bond donors (Lipinski definition) is 0. The van der Waals surface area contributed by atoms with Gasteiger partial charge in [-0.2, -0.15) is 5.10 Å². The summed E-state index contributed by atoms with van der Waals surface area (Å²) in [6, 6.07) is 2.67. The van der Waals surface area contributed by atoms with Crippen molar-refractivity contribution in [2.24, 2.45) is 0 Å². The molecule has 2 aromatic rings. The van der Waals surface area contributed by atoms with Gasteiger partial charge in [0.2, 0.25) is 0 Å². The molecule has 0 bridgehead atoms. The third-order valence-corrected chi connectivity index (χ3v) is 5.11. The van der Waals surface area contributed by atoms with Crippen LogP contribution >= 0.6 is 0 Å². The highest BCUT2D eigenvalue weighted by molar-refractivity contribution is 5.83. The van der Waals surface area contributed by atoms with E-state index in [9.17, 15) is 4.79 Å². The first-order valence-corrected chi connectivity index (χ1v) is 9.16. The van der Waals surface area contributed by atoms with E-state index in [-0.39, 0.29) is 0 Å². The molecular weight excluding hydrogens is 330 g/mol. The molecule has 1 saturated carbocycles. The average molecular weight is 353 g/mol. The molecule has 26 heavy (non-hydrogen) atoms. The number of nitrogens with zero attached hydrogens (tertiary/aromatic N) is 3. The van der Waals surface area contributed by atoms with Crippen molar-refractivity contribution in [2.45, 2.75) is 44.6 Å². The fourth-order valence-corrected chi connectivity index (χ4v) is 3.59. The molecule has 2 heterocycles. The molecule has 0 spiro atoms. The van der Waals surface area contributed by atoms with Crippen LogP contribution in [0.1, 0.15) is 60.6 Å². The first-order valence-electron chi connectivity index (χ1n) is 9.16. The van der Waals surface area contributed by atoms with Crippen LogP contribution in [0.3, 0.4) is 0 Å². The van der Waals surface area contributed by atoms with Crippen LogP contribution in [0, 0.1) is 0 Å². The minimum absolute atomic E-state index is 0.406. The smallest absolute Gasteiger partial charge is 0.157 e. The number of rotatable bonds is 7. The van der Waals surface area contributed by atoms with Crippen LogP contribution in [-0.2, 0) is 0 Å². The van der Waals surface area contributed by atoms with Crippen molar-refractivity contribution in [1.82, 2.24) is 14.8 Å². The Kier molecular flexibility index (Phi) is 4.73. The van der Waals surface area contributed by atoms with Crippen molar-refractivity contribution in [3.05, 3.63) is 41.5 Å². The van der Waals surface area contributed by atoms with Gasteiger partial charge in [-0.3, -0.25) is 14.5 Å². The van der Waals surface area contributed by atoms with Gasteiger partial charge in [0.25, 0.3) is 0 Å². The monoisotopic (exact) mass is 353 g/mol. The van der Waals surface area contributed by atoms with Crippen LogP contribution in [0.5, 0.6) is 11.5 Å². The van der Waals surface area contributed by atoms with E-state index in [4.69, 9.17) is 9.47 Å². The van der Waals surface area contributed by atoms with E-state index in [0.717, 1.165) is 25.5 Å². The zero-order chi connectivity index (χ0) is 17.9. The number of carbonyl (C=O) groups is 1. The molecule has 6 heteroatoms. The molecule has 0 aliphatic heterocycles. The lowest BCUT2D eigenvalue weighted by molar-refractivity contribution is 0.111. The predicted octanol–water partition coefficient (Wildman–Crippen LogP) is 3.84. The number of aromatic nitrogens is 3. The molecule has 0 unspecified atom stereocenters. The molecule has 0 amide bonds. The Morgan fingerprint density at radius 3 is 2.81 bits per heavy atom. The third-order valence-electron chi connectivity index (χ3n) is 5.11. The van der Waals surface area contributed by atoms with E-state index in [0.29, 0.717) is 29.7 Å². The number of aldehydes is 1. The summed E-state index contributed by atoms with van der Waals surface area (Å²) in [4.78, 5) is 15.5. The second-order valence-corrected chi connectivity index (χ2v) is 6.84. The number of hydrogen-bond acceptors (Lipinski definition) is 5. The summed E-state index contributed by atoms with van der Waals surface area (Å²) in [5.74, 6) is 0.898. The maximum atomic E-state index is 11.4. The fraction of sp³-hybridized carbons (Fsp3) is 0.450. The van der Waals surface area contributed by atoms with Gasteiger partial charge in [-0.05, 0) is 55.7 Å². The Labute approximate surface area is 152 Å². The van der Waals surface area contributed by atoms with Gasteiger partial charge in [-0.25, -0.2) is 0 Å². The van der Waals surface area contributed by atoms with Gasteiger partial charge >= 0.3 is 0 Å². The molecule has 0 saturated heterocycles. The normalized spacial score (nSPS) is 17.3. The van der Waals surface area contributed by atoms with Crippen molar-refractivity contribution >= 4 is 11.9 Å². The van der Waals surface area contributed by atoms with Crippen molar-refractivity contribution in [1.29, 1.82) is 0 Å². The number of ether oxygens (including phenoxy) is 2. The van der Waals surface area contributed by atoms with Gasteiger partial charge in [-0.15, -0.1) is 0 Å². The fourth-order valence-electron chi connectivity index (χ4n) is 3.59. The molecule has 2 aliphatic rings. The van der Waals surface area contributed by atoms with Crippen molar-refractivity contribution < 1.29 is 14.3 Å². The van der Waals surface area contributed by atoms with E-state index in [1.165, 1.54) is 49.4 Å². The number of carbonyl (C=O) groups excluding carboxylic acids is 1. The maximum absolute atomic E-state index is 11.4. The molecule has 6 nitrogen and oxygen atoms in total. The summed E-state index contributed by atoms with van der Waals surface area (Å²) in [7, 11) is 1.52. The summed E-state index contributed by atoms with van der Waals surface area (Å²) in [5, 5.41) is 4.53. The van der Waals surface area contributed by atoms with Gasteiger partial charge in [-0.1, -0.05) is 0 Å². The van der Waals surface area contributed by atoms with Crippen molar-refractivity contribution in [3.63, 3.8) is 0 Å². The molecular formula is C20H23N3O3. The molecule has 0 radical (unpaired) electrons. The zero-order valence-corrected chi connectivity index (χ0v) is 15.0. The average Bonchev–Trinajstić information content (AvgIpc) is 3.42. The zero-order valence-electron chi connectivity index (χ0n) is 15.0. The van der Waals surface area contributed by atoms with Crippen LogP contribution in [0.4, 0.5) is 0 Å². The Morgan fingerprint density at radius 1 is 1.23 bits per heavy atom. The number of methoxy groups -OCH3 is 1. The maximum Gasteiger partial charge on any atom is 0.157 e. The SMILES string of the molecule is COc1cncc(OCC2=C(c3ccnn3C3CC3)CCCC2)c1C=O. The summed E-state index contributed by atoms with van der Waals surface area (Å²) in [5.41, 5.74) is 4.27. The van der Waals surface area contributed by atoms with Crippen LogP contribution in [0.2, 0.25) is 0 Å². The van der Waals surface area contributed by atoms with Gasteiger partial charge < -0.3 is 9.47 Å². The lowest BCUT2D eigenvalue weighted by atomic mass is 9.90. The molecule has 0 atom stereocenters. The highest BCUT2D eigenvalue weighted by atomic mass is 16.5. The standard InChI is InChI=1S/C20H23N3O3/c1-25-19-10-21-11-20(17(19)12-24)26-13-14-4-2-3-5-16(14)18-8-9-22-23(18)15-6-7-15/h8-12,15H,2-7,13H2,1H3. The third kappa shape index (κ3) is 3.23. The Balaban J connectivity index is 1.60. The summed E-state index contributed by atoms with van der Waals surface area (Å²) in [6.07, 6.45) is 12.6. The lowest BCUT2D eigenvalue weighted by Gasteiger charge is -2.22. The van der Waals surface area contributed by atoms with E-state index in [2.05, 4.69) is 20.8 Å². The number of allylic oxidation sites excluding steroid dienone is 1. The summed E-state index contributed by atoms with van der Waals surface area (Å²) < 4.78 is 13.4. The quantitative estimate of drug-likeness (QED) is 0.708. The molecule has 1 fully saturated rings. The Hall–Kier alpha value is -2.63. The van der Waals surface area contributed by atoms with E-state index in [1.807, 2.05) is 6.20 Å². The lowest BCUT2D eigenvalue weighted by Crippen LogP contribution is -2.12. The van der Waals surface area contributed by atoms with E-state index in [1.54, 1.807) is 6.20 Å². The first kappa shape index (κ1) is 16.8. The van der Waals surface area contributed by atoms with E-state index < -0.39 is 0 Å². The van der Waals surface area contributed by atoms with Gasteiger partial charge in [0.15, 0.2) is 17.8 Å². The topological polar surface area (TPSA) is 66.2 Å². The highest BCUT2D eigenvalue weighted by Gasteiger charge is 2.28. The van der Waals surface area contributed by atoms with Crippen molar-refractivity contribution in [3.8, 4) is 11.5 Å². The van der Waals surface area contributed by atoms with Gasteiger partial charge in [0.1, 0.15) is 12.2 Å². The minimum atomic E-state index is 0.406. The van der Waals surface area contributed by atoms with Gasteiger partial charge in [0, 0.05) is 6.20 Å². The van der Waals surface area contributed by atoms with E-state index >= 15 is 0 Å². The summed E-state index contributed by atoms with van der Waals surface area (Å²) in [6.45, 7) is 0.459. The minimum Gasteiger partial charge on any atom is -0.494 e. The molecule has 2 aromatic heterocycles. The van der Waals surface area contributed by atoms with Crippen LogP contribution in [0.25, 0.3) is 5.57 Å². The summed E-state index contributed by atoms with van der Waals surface area (Å²) >= 11 is 0. The largest absolute Gasteiger partial charge is 0.494 e. The molecule has 0 aromatic carbocycles. The Bertz CT molecular complexity index is 837. The van der Waals surface area contributed by atoms with Crippen molar-refractivity contribution in [2.75, 3.05) is 13.7 Å². The highest BCUT2D eigenvalue weighted by Crippen LogP contribution is 2.40. The molecule has 136 valence electrons.